The maximum Gasteiger partial charge on any atom is 0.287 e. The lowest BCUT2D eigenvalue weighted by Gasteiger charge is -2.12. The van der Waals surface area contributed by atoms with Crippen molar-refractivity contribution in [3.05, 3.63) is 35.4 Å². The Morgan fingerprint density at radius 3 is 2.68 bits per heavy atom. The zero-order chi connectivity index (χ0) is 18.4. The highest BCUT2D eigenvalue weighted by Gasteiger charge is 2.12. The van der Waals surface area contributed by atoms with Gasteiger partial charge in [0.25, 0.3) is 5.91 Å². The third-order valence-electron chi connectivity index (χ3n) is 3.35. The smallest absolute Gasteiger partial charge is 0.287 e. The van der Waals surface area contributed by atoms with E-state index in [-0.39, 0.29) is 5.91 Å². The number of nitrogens with one attached hydrogen (secondary N) is 1. The number of furan rings is 1. The first-order chi connectivity index (χ1) is 11.8. The minimum absolute atomic E-state index is 0.195. The summed E-state index contributed by atoms with van der Waals surface area (Å²) in [7, 11) is 7.82. The second-order valence-electron chi connectivity index (χ2n) is 6.16. The van der Waals surface area contributed by atoms with Gasteiger partial charge in [-0.1, -0.05) is 11.8 Å². The molecule has 7 nitrogen and oxygen atoms in total. The van der Waals surface area contributed by atoms with Gasteiger partial charge in [-0.15, -0.1) is 0 Å². The van der Waals surface area contributed by atoms with E-state index in [1.165, 1.54) is 11.8 Å². The first kappa shape index (κ1) is 19.3. The molecule has 1 amide bonds. The summed E-state index contributed by atoms with van der Waals surface area (Å²) in [5, 5.41) is 3.53. The second-order valence-corrected chi connectivity index (χ2v) is 7.10. The number of hydrogen-bond acceptors (Lipinski definition) is 7. The van der Waals surface area contributed by atoms with Gasteiger partial charge >= 0.3 is 0 Å². The minimum Gasteiger partial charge on any atom is -0.455 e. The van der Waals surface area contributed by atoms with Crippen molar-refractivity contribution in [3.63, 3.8) is 0 Å². The Labute approximate surface area is 152 Å². The van der Waals surface area contributed by atoms with Gasteiger partial charge in [-0.2, -0.15) is 0 Å². The molecular weight excluding hydrogens is 338 g/mol. The lowest BCUT2D eigenvalue weighted by atomic mass is 10.4. The van der Waals surface area contributed by atoms with Crippen LogP contribution in [0.5, 0.6) is 0 Å². The molecule has 0 saturated carbocycles. The van der Waals surface area contributed by atoms with Crippen LogP contribution in [0.2, 0.25) is 0 Å². The third kappa shape index (κ3) is 6.06. The number of anilines is 1. The Balaban J connectivity index is 1.92. The number of rotatable bonds is 8. The predicted molar refractivity (Wildman–Crippen MR) is 100 cm³/mol. The molecule has 2 aromatic heterocycles. The molecule has 0 fully saturated rings. The monoisotopic (exact) mass is 363 g/mol. The topological polar surface area (TPSA) is 74.5 Å². The van der Waals surface area contributed by atoms with Gasteiger partial charge in [0, 0.05) is 38.9 Å². The van der Waals surface area contributed by atoms with Crippen molar-refractivity contribution in [1.29, 1.82) is 0 Å². The molecule has 0 aliphatic carbocycles. The van der Waals surface area contributed by atoms with Crippen LogP contribution in [0, 0.1) is 6.92 Å². The van der Waals surface area contributed by atoms with Crippen LogP contribution >= 0.6 is 11.8 Å². The van der Waals surface area contributed by atoms with E-state index in [4.69, 9.17) is 4.42 Å². The average molecular weight is 363 g/mol. The molecule has 0 aliphatic rings. The van der Waals surface area contributed by atoms with Crippen LogP contribution in [0.3, 0.4) is 0 Å². The Morgan fingerprint density at radius 2 is 2.00 bits per heavy atom. The number of hydrogen-bond donors (Lipinski definition) is 1. The Kier molecular flexibility index (Phi) is 6.83. The summed E-state index contributed by atoms with van der Waals surface area (Å²) in [5.74, 6) is 2.30. The maximum atomic E-state index is 12.0. The average Bonchev–Trinajstić information content (AvgIpc) is 3.01. The van der Waals surface area contributed by atoms with Gasteiger partial charge in [0.05, 0.1) is 5.75 Å². The van der Waals surface area contributed by atoms with Crippen LogP contribution in [0.25, 0.3) is 0 Å². The Bertz CT molecular complexity index is 715. The van der Waals surface area contributed by atoms with Gasteiger partial charge in [0.15, 0.2) is 10.9 Å². The molecule has 0 saturated heterocycles. The molecule has 0 atom stereocenters. The van der Waals surface area contributed by atoms with Crippen molar-refractivity contribution >= 4 is 23.5 Å². The summed E-state index contributed by atoms with van der Waals surface area (Å²) in [6.45, 7) is 3.32. The summed E-state index contributed by atoms with van der Waals surface area (Å²) in [5.41, 5.74) is 0.918. The number of likely N-dealkylation sites (N-methyl/N-ethyl adjacent to an activating group) is 1. The summed E-state index contributed by atoms with van der Waals surface area (Å²) >= 11 is 1.49. The van der Waals surface area contributed by atoms with E-state index in [9.17, 15) is 4.79 Å². The minimum atomic E-state index is -0.195. The SMILES string of the molecule is Cc1cc(N(C)C)nc(SCc2ccc(C(=O)NCCN(C)C)o2)n1. The number of amides is 1. The summed E-state index contributed by atoms with van der Waals surface area (Å²) in [6, 6.07) is 5.45. The maximum absolute atomic E-state index is 12.0. The molecule has 0 radical (unpaired) electrons. The molecule has 0 unspecified atom stereocenters. The van der Waals surface area contributed by atoms with Crippen molar-refractivity contribution < 1.29 is 9.21 Å². The molecule has 2 aromatic rings. The van der Waals surface area contributed by atoms with E-state index in [1.54, 1.807) is 6.07 Å². The fourth-order valence-electron chi connectivity index (χ4n) is 2.01. The quantitative estimate of drug-likeness (QED) is 0.568. The van der Waals surface area contributed by atoms with Gasteiger partial charge in [0.1, 0.15) is 11.6 Å². The number of nitrogens with zero attached hydrogens (tertiary/aromatic N) is 4. The van der Waals surface area contributed by atoms with E-state index in [0.717, 1.165) is 23.8 Å². The van der Waals surface area contributed by atoms with Crippen LogP contribution in [-0.2, 0) is 5.75 Å². The van der Waals surface area contributed by atoms with Crippen molar-refractivity contribution in [1.82, 2.24) is 20.2 Å². The zero-order valence-electron chi connectivity index (χ0n) is 15.4. The molecule has 0 aliphatic heterocycles. The molecule has 8 heteroatoms. The van der Waals surface area contributed by atoms with E-state index >= 15 is 0 Å². The lowest BCUT2D eigenvalue weighted by molar-refractivity contribution is 0.0922. The van der Waals surface area contributed by atoms with Crippen LogP contribution in [0.4, 0.5) is 5.82 Å². The first-order valence-corrected chi connectivity index (χ1v) is 9.01. The lowest BCUT2D eigenvalue weighted by Crippen LogP contribution is -2.31. The van der Waals surface area contributed by atoms with Crippen LogP contribution in [0.1, 0.15) is 22.0 Å². The highest BCUT2D eigenvalue weighted by Crippen LogP contribution is 2.23. The number of thioether (sulfide) groups is 1. The van der Waals surface area contributed by atoms with Gasteiger partial charge < -0.3 is 19.5 Å². The first-order valence-electron chi connectivity index (χ1n) is 8.02. The van der Waals surface area contributed by atoms with Crippen LogP contribution < -0.4 is 10.2 Å². The number of carbonyl (C=O) groups is 1. The fraction of sp³-hybridized carbons (Fsp3) is 0.471. The van der Waals surface area contributed by atoms with E-state index in [1.807, 2.05) is 57.0 Å². The number of aryl methyl sites for hydroxylation is 1. The largest absolute Gasteiger partial charge is 0.455 e. The molecule has 1 N–H and O–H groups in total. The Morgan fingerprint density at radius 1 is 1.24 bits per heavy atom. The second kappa shape index (κ2) is 8.87. The molecule has 0 aromatic carbocycles. The summed E-state index contributed by atoms with van der Waals surface area (Å²) in [4.78, 5) is 24.9. The van der Waals surface area contributed by atoms with Gasteiger partial charge in [-0.25, -0.2) is 9.97 Å². The third-order valence-corrected chi connectivity index (χ3v) is 4.22. The standard InChI is InChI=1S/C17H25N5O2S/c1-12-10-15(22(4)5)20-17(19-12)25-11-13-6-7-14(24-13)16(23)18-8-9-21(2)3/h6-7,10H,8-9,11H2,1-5H3,(H,18,23). The van der Waals surface area contributed by atoms with Gasteiger partial charge in [-0.3, -0.25) is 4.79 Å². The molecule has 25 heavy (non-hydrogen) atoms. The van der Waals surface area contributed by atoms with Crippen LogP contribution in [-0.4, -0.2) is 62.1 Å². The molecular formula is C17H25N5O2S. The normalized spacial score (nSPS) is 11.0. The van der Waals surface area contributed by atoms with Gasteiger partial charge in [0.2, 0.25) is 0 Å². The van der Waals surface area contributed by atoms with E-state index in [2.05, 4.69) is 15.3 Å². The van der Waals surface area contributed by atoms with Crippen molar-refractivity contribution in [3.8, 4) is 0 Å². The molecule has 2 heterocycles. The fourth-order valence-corrected chi connectivity index (χ4v) is 2.81. The number of carbonyl (C=O) groups excluding carboxylic acids is 1. The predicted octanol–water partition coefficient (Wildman–Crippen LogP) is 2.03. The summed E-state index contributed by atoms with van der Waals surface area (Å²) in [6.07, 6.45) is 0. The van der Waals surface area contributed by atoms with E-state index < -0.39 is 0 Å². The molecule has 0 spiro atoms. The molecule has 0 bridgehead atoms. The zero-order valence-corrected chi connectivity index (χ0v) is 16.2. The Hall–Kier alpha value is -2.06. The highest BCUT2D eigenvalue weighted by molar-refractivity contribution is 7.98. The number of aromatic nitrogens is 2. The van der Waals surface area contributed by atoms with Gasteiger partial charge in [-0.05, 0) is 33.2 Å². The highest BCUT2D eigenvalue weighted by atomic mass is 32.2. The summed E-state index contributed by atoms with van der Waals surface area (Å²) < 4.78 is 5.62. The van der Waals surface area contributed by atoms with Crippen molar-refractivity contribution in [2.45, 2.75) is 17.8 Å². The van der Waals surface area contributed by atoms with Crippen LogP contribution in [0.15, 0.2) is 27.8 Å². The molecule has 136 valence electrons. The van der Waals surface area contributed by atoms with Crippen molar-refractivity contribution in [2.75, 3.05) is 46.2 Å². The molecule has 2 rings (SSSR count). The van der Waals surface area contributed by atoms with Crippen molar-refractivity contribution in [2.24, 2.45) is 0 Å². The van der Waals surface area contributed by atoms with E-state index in [0.29, 0.717) is 23.2 Å².